The Hall–Kier alpha value is -0.520. The highest BCUT2D eigenvalue weighted by atomic mass is 35.5. The molecule has 1 aromatic rings. The molecule has 0 aromatic carbocycles. The van der Waals surface area contributed by atoms with Gasteiger partial charge in [-0.05, 0) is 12.2 Å². The highest BCUT2D eigenvalue weighted by molar-refractivity contribution is 7.99. The smallest absolute Gasteiger partial charge is 0.148 e. The molecule has 2 N–H and O–H groups in total. The molecule has 0 saturated carbocycles. The first kappa shape index (κ1) is 12.5. The topological polar surface area (TPSA) is 58.0 Å². The number of aliphatic hydroxyl groups is 1. The summed E-state index contributed by atoms with van der Waals surface area (Å²) < 4.78 is 0. The monoisotopic (exact) mass is 247 g/mol. The molecule has 0 radical (unpaired) electrons. The van der Waals surface area contributed by atoms with Crippen molar-refractivity contribution in [3.8, 4) is 0 Å². The Morgan fingerprint density at radius 2 is 2.33 bits per heavy atom. The van der Waals surface area contributed by atoms with E-state index in [4.69, 9.17) is 16.7 Å². The zero-order valence-corrected chi connectivity index (χ0v) is 9.89. The molecule has 4 nitrogen and oxygen atoms in total. The molecule has 0 aliphatic carbocycles. The van der Waals surface area contributed by atoms with Crippen LogP contribution in [0.3, 0.4) is 0 Å². The summed E-state index contributed by atoms with van der Waals surface area (Å²) in [6.45, 7) is 1.07. The van der Waals surface area contributed by atoms with Crippen LogP contribution < -0.4 is 5.32 Å². The maximum absolute atomic E-state index is 8.57. The molecule has 84 valence electrons. The molecule has 0 saturated heterocycles. The number of nitrogens with one attached hydrogen (secondary N) is 1. The fourth-order valence-corrected chi connectivity index (χ4v) is 1.91. The Labute approximate surface area is 98.5 Å². The summed E-state index contributed by atoms with van der Waals surface area (Å²) in [5.41, 5.74) is 0. The number of hydrogen-bond donors (Lipinski definition) is 2. The number of nitrogens with zero attached hydrogens (tertiary/aromatic N) is 2. The lowest BCUT2D eigenvalue weighted by molar-refractivity contribution is 0.296. The number of aromatic nitrogens is 2. The van der Waals surface area contributed by atoms with Crippen LogP contribution in [-0.2, 0) is 0 Å². The summed E-state index contributed by atoms with van der Waals surface area (Å²) in [5.74, 6) is 2.63. The lowest BCUT2D eigenvalue weighted by atomic mass is 10.5. The van der Waals surface area contributed by atoms with Crippen LogP contribution in [0.4, 0.5) is 5.82 Å². The zero-order chi connectivity index (χ0) is 10.9. The molecular weight excluding hydrogens is 234 g/mol. The average molecular weight is 248 g/mol. The van der Waals surface area contributed by atoms with Crippen LogP contribution in [0.25, 0.3) is 0 Å². The molecule has 0 aliphatic heterocycles. The van der Waals surface area contributed by atoms with Gasteiger partial charge in [0.05, 0.1) is 6.20 Å². The van der Waals surface area contributed by atoms with Gasteiger partial charge < -0.3 is 10.4 Å². The lowest BCUT2D eigenvalue weighted by Gasteiger charge is -2.05. The van der Waals surface area contributed by atoms with Crippen molar-refractivity contribution >= 4 is 29.2 Å². The Morgan fingerprint density at radius 3 is 3.07 bits per heavy atom. The predicted octanol–water partition coefficient (Wildman–Crippen LogP) is 1.66. The van der Waals surface area contributed by atoms with Crippen LogP contribution in [-0.4, -0.2) is 39.7 Å². The molecule has 0 atom stereocenters. The summed E-state index contributed by atoms with van der Waals surface area (Å²) in [5, 5.41) is 12.2. The van der Waals surface area contributed by atoms with Crippen molar-refractivity contribution in [3.05, 3.63) is 17.5 Å². The van der Waals surface area contributed by atoms with Crippen molar-refractivity contribution in [2.24, 2.45) is 0 Å². The van der Waals surface area contributed by atoms with E-state index in [9.17, 15) is 0 Å². The van der Waals surface area contributed by atoms with Gasteiger partial charge >= 0.3 is 0 Å². The van der Waals surface area contributed by atoms with Gasteiger partial charge in [-0.1, -0.05) is 11.6 Å². The number of anilines is 1. The Morgan fingerprint density at radius 1 is 1.47 bits per heavy atom. The number of hydrogen-bond acceptors (Lipinski definition) is 5. The van der Waals surface area contributed by atoms with E-state index < -0.39 is 0 Å². The van der Waals surface area contributed by atoms with Crippen LogP contribution in [0.1, 0.15) is 6.42 Å². The quantitative estimate of drug-likeness (QED) is 0.718. The molecule has 0 unspecified atom stereocenters. The maximum Gasteiger partial charge on any atom is 0.148 e. The molecule has 0 aliphatic rings. The van der Waals surface area contributed by atoms with Gasteiger partial charge in [0.25, 0.3) is 0 Å². The van der Waals surface area contributed by atoms with E-state index >= 15 is 0 Å². The average Bonchev–Trinajstić information content (AvgIpc) is 2.25. The minimum absolute atomic E-state index is 0.262. The lowest BCUT2D eigenvalue weighted by Crippen LogP contribution is -2.06. The van der Waals surface area contributed by atoms with Gasteiger partial charge in [-0.3, -0.25) is 0 Å². The molecule has 0 spiro atoms. The van der Waals surface area contributed by atoms with Gasteiger partial charge in [0, 0.05) is 18.9 Å². The molecule has 15 heavy (non-hydrogen) atoms. The van der Waals surface area contributed by atoms with Gasteiger partial charge in [-0.2, -0.15) is 11.8 Å². The fraction of sp³-hybridized carbons (Fsp3) is 0.556. The third-order valence-electron chi connectivity index (χ3n) is 1.65. The van der Waals surface area contributed by atoms with E-state index in [-0.39, 0.29) is 6.61 Å². The minimum Gasteiger partial charge on any atom is -0.396 e. The summed E-state index contributed by atoms with van der Waals surface area (Å²) >= 11 is 7.65. The summed E-state index contributed by atoms with van der Waals surface area (Å²) in [4.78, 5) is 7.81. The minimum atomic E-state index is 0.262. The zero-order valence-electron chi connectivity index (χ0n) is 8.32. The highest BCUT2D eigenvalue weighted by Gasteiger charge is 1.99. The Balaban J connectivity index is 2.12. The van der Waals surface area contributed by atoms with Crippen LogP contribution in [0.15, 0.2) is 12.5 Å². The number of rotatable bonds is 7. The SMILES string of the molecule is OCCCSCCNc1ncncc1Cl. The predicted molar refractivity (Wildman–Crippen MR) is 64.6 cm³/mol. The molecule has 1 aromatic heterocycles. The van der Waals surface area contributed by atoms with E-state index in [0.29, 0.717) is 10.8 Å². The fourth-order valence-electron chi connectivity index (χ4n) is 0.953. The second kappa shape index (κ2) is 7.73. The molecule has 1 rings (SSSR count). The summed E-state index contributed by atoms with van der Waals surface area (Å²) in [6, 6.07) is 0. The third kappa shape index (κ3) is 5.20. The van der Waals surface area contributed by atoms with E-state index in [2.05, 4.69) is 15.3 Å². The van der Waals surface area contributed by atoms with E-state index in [1.807, 2.05) is 0 Å². The molecule has 0 bridgehead atoms. The van der Waals surface area contributed by atoms with Gasteiger partial charge in [-0.25, -0.2) is 9.97 Å². The number of thioether (sulfide) groups is 1. The molecule has 1 heterocycles. The van der Waals surface area contributed by atoms with Crippen molar-refractivity contribution in [2.45, 2.75) is 6.42 Å². The molecular formula is C9H14ClN3OS. The summed E-state index contributed by atoms with van der Waals surface area (Å²) in [7, 11) is 0. The van der Waals surface area contributed by atoms with Crippen molar-refractivity contribution < 1.29 is 5.11 Å². The third-order valence-corrected chi connectivity index (χ3v) is 3.00. The number of halogens is 1. The van der Waals surface area contributed by atoms with Crippen LogP contribution in [0, 0.1) is 0 Å². The van der Waals surface area contributed by atoms with Crippen molar-refractivity contribution in [1.82, 2.24) is 9.97 Å². The molecule has 0 fully saturated rings. The first-order valence-corrected chi connectivity index (χ1v) is 6.26. The highest BCUT2D eigenvalue weighted by Crippen LogP contribution is 2.15. The van der Waals surface area contributed by atoms with Crippen LogP contribution >= 0.6 is 23.4 Å². The largest absolute Gasteiger partial charge is 0.396 e. The van der Waals surface area contributed by atoms with Crippen molar-refractivity contribution in [1.29, 1.82) is 0 Å². The standard InChI is InChI=1S/C9H14ClN3OS/c10-8-6-11-7-13-9(8)12-2-5-15-4-1-3-14/h6-7,14H,1-5H2,(H,11,12,13). The first-order chi connectivity index (χ1) is 7.34. The Bertz CT molecular complexity index is 288. The normalized spacial score (nSPS) is 10.3. The van der Waals surface area contributed by atoms with Gasteiger partial charge in [0.2, 0.25) is 0 Å². The second-order valence-electron chi connectivity index (χ2n) is 2.84. The van der Waals surface area contributed by atoms with Crippen LogP contribution in [0.2, 0.25) is 5.02 Å². The maximum atomic E-state index is 8.57. The molecule has 0 amide bonds. The summed E-state index contributed by atoms with van der Waals surface area (Å²) in [6.07, 6.45) is 3.88. The van der Waals surface area contributed by atoms with Crippen molar-refractivity contribution in [2.75, 3.05) is 30.0 Å². The van der Waals surface area contributed by atoms with E-state index in [0.717, 1.165) is 24.5 Å². The van der Waals surface area contributed by atoms with Gasteiger partial charge in [0.1, 0.15) is 17.2 Å². The second-order valence-corrected chi connectivity index (χ2v) is 4.47. The first-order valence-electron chi connectivity index (χ1n) is 4.72. The van der Waals surface area contributed by atoms with E-state index in [1.54, 1.807) is 18.0 Å². The van der Waals surface area contributed by atoms with Crippen molar-refractivity contribution in [3.63, 3.8) is 0 Å². The number of aliphatic hydroxyl groups excluding tert-OH is 1. The van der Waals surface area contributed by atoms with Gasteiger partial charge in [0.15, 0.2) is 0 Å². The van der Waals surface area contributed by atoms with Gasteiger partial charge in [-0.15, -0.1) is 0 Å². The molecule has 6 heteroatoms. The van der Waals surface area contributed by atoms with Crippen LogP contribution in [0.5, 0.6) is 0 Å². The Kier molecular flexibility index (Phi) is 6.47. The van der Waals surface area contributed by atoms with E-state index in [1.165, 1.54) is 6.33 Å².